The first kappa shape index (κ1) is 7.53. The third-order valence-electron chi connectivity index (χ3n) is 2.33. The molecule has 64 valence electrons. The minimum atomic E-state index is 0.738. The molecule has 0 N–H and O–H groups in total. The lowest BCUT2D eigenvalue weighted by molar-refractivity contribution is 0.111. The molecule has 0 atom stereocenters. The summed E-state index contributed by atoms with van der Waals surface area (Å²) in [5, 5.41) is 0. The van der Waals surface area contributed by atoms with Gasteiger partial charge in [-0.15, -0.1) is 0 Å². The van der Waals surface area contributed by atoms with Crippen molar-refractivity contribution in [3.8, 4) is 0 Å². The molecule has 3 heteroatoms. The van der Waals surface area contributed by atoms with Gasteiger partial charge < -0.3 is 4.57 Å². The Hall–Kier alpha value is -1.12. The number of aryl methyl sites for hydroxylation is 1. The van der Waals surface area contributed by atoms with E-state index in [2.05, 4.69) is 4.98 Å². The highest BCUT2D eigenvalue weighted by Gasteiger charge is 2.22. The minimum Gasteiger partial charge on any atom is -0.328 e. The highest BCUT2D eigenvalue weighted by molar-refractivity contribution is 5.73. The van der Waals surface area contributed by atoms with E-state index in [0.29, 0.717) is 0 Å². The lowest BCUT2D eigenvalue weighted by Gasteiger charge is -2.01. The third kappa shape index (κ3) is 1.26. The van der Waals surface area contributed by atoms with Gasteiger partial charge in [0.05, 0.1) is 12.0 Å². The maximum atomic E-state index is 10.7. The van der Waals surface area contributed by atoms with Crippen LogP contribution in [0.1, 0.15) is 29.0 Å². The maximum Gasteiger partial charge on any atom is 0.168 e. The molecule has 0 aromatic carbocycles. The molecule has 1 aliphatic carbocycles. The Morgan fingerprint density at radius 1 is 1.75 bits per heavy atom. The first-order valence-corrected chi connectivity index (χ1v) is 4.28. The van der Waals surface area contributed by atoms with E-state index in [1.165, 1.54) is 12.8 Å². The molecule has 0 unspecified atom stereocenters. The van der Waals surface area contributed by atoms with Crippen molar-refractivity contribution >= 4 is 6.29 Å². The van der Waals surface area contributed by atoms with Crippen molar-refractivity contribution < 1.29 is 4.79 Å². The van der Waals surface area contributed by atoms with Crippen LogP contribution < -0.4 is 0 Å². The van der Waals surface area contributed by atoms with Crippen LogP contribution in [0.2, 0.25) is 0 Å². The fourth-order valence-corrected chi connectivity index (χ4v) is 1.37. The summed E-state index contributed by atoms with van der Waals surface area (Å²) < 4.78 is 1.96. The summed E-state index contributed by atoms with van der Waals surface area (Å²) in [6.07, 6.45) is 5.26. The topological polar surface area (TPSA) is 34.9 Å². The van der Waals surface area contributed by atoms with Crippen LogP contribution in [-0.4, -0.2) is 15.8 Å². The van der Waals surface area contributed by atoms with Gasteiger partial charge in [-0.1, -0.05) is 0 Å². The lowest BCUT2D eigenvalue weighted by Crippen LogP contribution is -2.03. The zero-order chi connectivity index (χ0) is 8.55. The van der Waals surface area contributed by atoms with Crippen LogP contribution in [0.4, 0.5) is 0 Å². The molecular weight excluding hydrogens is 152 g/mol. The predicted molar refractivity (Wildman–Crippen MR) is 45.1 cm³/mol. The number of nitrogens with zero attached hydrogens (tertiary/aromatic N) is 2. The van der Waals surface area contributed by atoms with Gasteiger partial charge in [-0.25, -0.2) is 4.98 Å². The first-order chi connectivity index (χ1) is 5.81. The lowest BCUT2D eigenvalue weighted by atomic mass is 10.3. The number of carbonyl (C=O) groups excluding carboxylic acids is 1. The van der Waals surface area contributed by atoms with E-state index < -0.39 is 0 Å². The molecule has 0 radical (unpaired) electrons. The fraction of sp³-hybridized carbons (Fsp3) is 0.556. The molecule has 1 fully saturated rings. The molecule has 12 heavy (non-hydrogen) atoms. The third-order valence-corrected chi connectivity index (χ3v) is 2.33. The zero-order valence-corrected chi connectivity index (χ0v) is 7.16. The standard InChI is InChI=1S/C9H12N2O/c1-7-9(5-12)11(6-10-7)4-8-2-3-8/h5-6,8H,2-4H2,1H3. The monoisotopic (exact) mass is 164 g/mol. The fourth-order valence-electron chi connectivity index (χ4n) is 1.37. The smallest absolute Gasteiger partial charge is 0.168 e. The van der Waals surface area contributed by atoms with Crippen LogP contribution in [0, 0.1) is 12.8 Å². The number of hydrogen-bond donors (Lipinski definition) is 0. The molecule has 1 heterocycles. The van der Waals surface area contributed by atoms with Gasteiger partial charge in [-0.3, -0.25) is 4.79 Å². The van der Waals surface area contributed by atoms with Gasteiger partial charge in [0.1, 0.15) is 5.69 Å². The van der Waals surface area contributed by atoms with E-state index in [1.54, 1.807) is 6.33 Å². The molecule has 1 aromatic rings. The second-order valence-electron chi connectivity index (χ2n) is 3.43. The highest BCUT2D eigenvalue weighted by Crippen LogP contribution is 2.30. The van der Waals surface area contributed by atoms with Crippen molar-refractivity contribution in [2.75, 3.05) is 0 Å². The largest absolute Gasteiger partial charge is 0.328 e. The summed E-state index contributed by atoms with van der Waals surface area (Å²) in [4.78, 5) is 14.8. The Kier molecular flexibility index (Phi) is 1.71. The van der Waals surface area contributed by atoms with E-state index in [1.807, 2.05) is 11.5 Å². The van der Waals surface area contributed by atoms with Gasteiger partial charge in [-0.05, 0) is 25.7 Å². The Morgan fingerprint density at radius 3 is 3.08 bits per heavy atom. The van der Waals surface area contributed by atoms with Gasteiger partial charge in [0.25, 0.3) is 0 Å². The van der Waals surface area contributed by atoms with Crippen molar-refractivity contribution in [1.29, 1.82) is 0 Å². The molecule has 3 nitrogen and oxygen atoms in total. The molecule has 2 rings (SSSR count). The molecule has 0 bridgehead atoms. The predicted octanol–water partition coefficient (Wildman–Crippen LogP) is 1.41. The molecule has 1 aliphatic rings. The Balaban J connectivity index is 2.22. The van der Waals surface area contributed by atoms with Gasteiger partial charge in [0, 0.05) is 6.54 Å². The summed E-state index contributed by atoms with van der Waals surface area (Å²) in [6, 6.07) is 0. The highest BCUT2D eigenvalue weighted by atomic mass is 16.1. The molecular formula is C9H12N2O. The normalized spacial score (nSPS) is 16.4. The summed E-state index contributed by atoms with van der Waals surface area (Å²) in [5.74, 6) is 0.789. The first-order valence-electron chi connectivity index (χ1n) is 4.28. The minimum absolute atomic E-state index is 0.738. The molecule has 1 aromatic heterocycles. The number of hydrogen-bond acceptors (Lipinski definition) is 2. The molecule has 0 aliphatic heterocycles. The number of imidazole rings is 1. The molecule has 0 saturated heterocycles. The SMILES string of the molecule is Cc1ncn(CC2CC2)c1C=O. The summed E-state index contributed by atoms with van der Waals surface area (Å²) in [6.45, 7) is 2.84. The number of aldehydes is 1. The molecule has 0 spiro atoms. The van der Waals surface area contributed by atoms with E-state index in [9.17, 15) is 4.79 Å². The Labute approximate surface area is 71.4 Å². The van der Waals surface area contributed by atoms with Crippen LogP contribution in [0.25, 0.3) is 0 Å². The summed E-state index contributed by atoms with van der Waals surface area (Å²) in [7, 11) is 0. The van der Waals surface area contributed by atoms with E-state index >= 15 is 0 Å². The van der Waals surface area contributed by atoms with Crippen molar-refractivity contribution in [2.24, 2.45) is 5.92 Å². The quantitative estimate of drug-likeness (QED) is 0.633. The average Bonchev–Trinajstić information content (AvgIpc) is 2.78. The van der Waals surface area contributed by atoms with Gasteiger partial charge in [0.2, 0.25) is 0 Å². The van der Waals surface area contributed by atoms with Crippen LogP contribution in [-0.2, 0) is 6.54 Å². The molecule has 1 saturated carbocycles. The second-order valence-corrected chi connectivity index (χ2v) is 3.43. The van der Waals surface area contributed by atoms with E-state index in [4.69, 9.17) is 0 Å². The average molecular weight is 164 g/mol. The Bertz CT molecular complexity index is 299. The van der Waals surface area contributed by atoms with Crippen LogP contribution in [0.3, 0.4) is 0 Å². The number of rotatable bonds is 3. The van der Waals surface area contributed by atoms with Crippen molar-refractivity contribution in [1.82, 2.24) is 9.55 Å². The van der Waals surface area contributed by atoms with Crippen LogP contribution in [0.15, 0.2) is 6.33 Å². The van der Waals surface area contributed by atoms with E-state index in [-0.39, 0.29) is 0 Å². The number of aromatic nitrogens is 2. The van der Waals surface area contributed by atoms with Crippen molar-refractivity contribution in [3.05, 3.63) is 17.7 Å². The summed E-state index contributed by atoms with van der Waals surface area (Å²) in [5.41, 5.74) is 1.58. The van der Waals surface area contributed by atoms with Crippen LogP contribution in [0.5, 0.6) is 0 Å². The van der Waals surface area contributed by atoms with Crippen LogP contribution >= 0.6 is 0 Å². The summed E-state index contributed by atoms with van der Waals surface area (Å²) >= 11 is 0. The molecule has 0 amide bonds. The van der Waals surface area contributed by atoms with Gasteiger partial charge in [0.15, 0.2) is 6.29 Å². The number of carbonyl (C=O) groups is 1. The van der Waals surface area contributed by atoms with Gasteiger partial charge >= 0.3 is 0 Å². The second kappa shape index (κ2) is 2.73. The Morgan fingerprint density at radius 2 is 2.50 bits per heavy atom. The van der Waals surface area contributed by atoms with Crippen molar-refractivity contribution in [3.63, 3.8) is 0 Å². The maximum absolute atomic E-state index is 10.7. The van der Waals surface area contributed by atoms with Gasteiger partial charge in [-0.2, -0.15) is 0 Å². The van der Waals surface area contributed by atoms with E-state index in [0.717, 1.165) is 30.1 Å². The van der Waals surface area contributed by atoms with Crippen molar-refractivity contribution in [2.45, 2.75) is 26.3 Å². The zero-order valence-electron chi connectivity index (χ0n) is 7.16.